The molecule has 2 rings (SSSR count). The lowest BCUT2D eigenvalue weighted by atomic mass is 9.96. The summed E-state index contributed by atoms with van der Waals surface area (Å²) in [5.74, 6) is 7.09. The van der Waals surface area contributed by atoms with Gasteiger partial charge in [0, 0.05) is 5.56 Å². The lowest BCUT2D eigenvalue weighted by Crippen LogP contribution is -2.29. The van der Waals surface area contributed by atoms with Gasteiger partial charge in [-0.25, -0.2) is 5.43 Å². The maximum Gasteiger partial charge on any atom is 0.193 e. The Kier molecular flexibility index (Phi) is 4.14. The lowest BCUT2D eigenvalue weighted by Gasteiger charge is -2.20. The molecule has 4 nitrogen and oxygen atoms in total. The highest BCUT2D eigenvalue weighted by Gasteiger charge is 2.22. The molecule has 0 fully saturated rings. The van der Waals surface area contributed by atoms with Crippen LogP contribution < -0.4 is 16.0 Å². The monoisotopic (exact) mass is 280 g/mol. The van der Waals surface area contributed by atoms with Crippen LogP contribution in [0.2, 0.25) is 5.22 Å². The van der Waals surface area contributed by atoms with Crippen LogP contribution in [0, 0.1) is 13.8 Å². The number of nitrogens with two attached hydrogens (primary N) is 1. The summed E-state index contributed by atoms with van der Waals surface area (Å²) in [6.45, 7) is 4.04. The number of ether oxygens (including phenoxy) is 1. The van der Waals surface area contributed by atoms with Gasteiger partial charge in [-0.3, -0.25) is 5.84 Å². The maximum absolute atomic E-state index is 5.82. The fourth-order valence-electron chi connectivity index (χ4n) is 2.27. The first-order valence-electron chi connectivity index (χ1n) is 5.93. The molecule has 2 aromatic rings. The van der Waals surface area contributed by atoms with Gasteiger partial charge in [-0.05, 0) is 54.8 Å². The normalized spacial score (nSPS) is 12.5. The minimum Gasteiger partial charge on any atom is -0.496 e. The zero-order valence-corrected chi connectivity index (χ0v) is 11.9. The first-order chi connectivity index (χ1) is 9.06. The number of benzene rings is 1. The number of aryl methyl sites for hydroxylation is 2. The van der Waals surface area contributed by atoms with Crippen LogP contribution in [-0.4, -0.2) is 7.11 Å². The summed E-state index contributed by atoms with van der Waals surface area (Å²) in [6.07, 6.45) is 0. The van der Waals surface area contributed by atoms with Crippen LogP contribution in [0.1, 0.15) is 28.5 Å². The molecule has 0 aliphatic carbocycles. The Morgan fingerprint density at radius 1 is 1.32 bits per heavy atom. The van der Waals surface area contributed by atoms with Gasteiger partial charge in [0.1, 0.15) is 17.6 Å². The summed E-state index contributed by atoms with van der Waals surface area (Å²) >= 11 is 5.82. The molecule has 102 valence electrons. The van der Waals surface area contributed by atoms with Crippen molar-refractivity contribution >= 4 is 11.6 Å². The molecule has 5 heteroatoms. The Morgan fingerprint density at radius 2 is 2.05 bits per heavy atom. The van der Waals surface area contributed by atoms with Crippen molar-refractivity contribution < 1.29 is 9.15 Å². The molecule has 0 amide bonds. The molecule has 0 aliphatic heterocycles. The van der Waals surface area contributed by atoms with Crippen molar-refractivity contribution in [2.75, 3.05) is 7.11 Å². The second-order valence-electron chi connectivity index (χ2n) is 4.44. The van der Waals surface area contributed by atoms with Gasteiger partial charge in [0.15, 0.2) is 5.22 Å². The third kappa shape index (κ3) is 2.76. The predicted octanol–water partition coefficient (Wildman–Crippen LogP) is 3.11. The van der Waals surface area contributed by atoms with Gasteiger partial charge in [0.05, 0.1) is 7.11 Å². The van der Waals surface area contributed by atoms with E-state index in [1.165, 1.54) is 0 Å². The summed E-state index contributed by atoms with van der Waals surface area (Å²) in [5, 5.41) is 0.332. The lowest BCUT2D eigenvalue weighted by molar-refractivity contribution is 0.392. The molecular weight excluding hydrogens is 264 g/mol. The van der Waals surface area contributed by atoms with Gasteiger partial charge in [-0.2, -0.15) is 0 Å². The molecule has 0 aliphatic rings. The van der Waals surface area contributed by atoms with E-state index in [1.807, 2.05) is 19.9 Å². The summed E-state index contributed by atoms with van der Waals surface area (Å²) in [5.41, 5.74) is 5.90. The molecule has 0 saturated heterocycles. The van der Waals surface area contributed by atoms with Crippen LogP contribution >= 0.6 is 11.6 Å². The number of nitrogens with one attached hydrogen (secondary N) is 1. The predicted molar refractivity (Wildman–Crippen MR) is 75.4 cm³/mol. The summed E-state index contributed by atoms with van der Waals surface area (Å²) in [4.78, 5) is 0. The van der Waals surface area contributed by atoms with E-state index < -0.39 is 0 Å². The minimum atomic E-state index is -0.303. The fourth-order valence-corrected chi connectivity index (χ4v) is 2.42. The van der Waals surface area contributed by atoms with Crippen LogP contribution in [-0.2, 0) is 0 Å². The van der Waals surface area contributed by atoms with Crippen molar-refractivity contribution in [1.29, 1.82) is 0 Å². The van der Waals surface area contributed by atoms with Crippen molar-refractivity contribution in [1.82, 2.24) is 5.43 Å². The van der Waals surface area contributed by atoms with Crippen molar-refractivity contribution in [3.63, 3.8) is 0 Å². The van der Waals surface area contributed by atoms with Gasteiger partial charge in [0.2, 0.25) is 0 Å². The third-order valence-electron chi connectivity index (χ3n) is 3.05. The number of furan rings is 1. The number of hydrogen-bond acceptors (Lipinski definition) is 4. The minimum absolute atomic E-state index is 0.303. The topological polar surface area (TPSA) is 60.4 Å². The largest absolute Gasteiger partial charge is 0.496 e. The van der Waals surface area contributed by atoms with Gasteiger partial charge in [-0.1, -0.05) is 6.07 Å². The Hall–Kier alpha value is -1.49. The van der Waals surface area contributed by atoms with E-state index in [-0.39, 0.29) is 6.04 Å². The Bertz CT molecular complexity index is 581. The summed E-state index contributed by atoms with van der Waals surface area (Å²) in [6, 6.07) is 7.23. The number of hydrogen-bond donors (Lipinski definition) is 2. The summed E-state index contributed by atoms with van der Waals surface area (Å²) < 4.78 is 10.9. The Morgan fingerprint density at radius 3 is 2.58 bits per heavy atom. The zero-order chi connectivity index (χ0) is 14.0. The molecule has 3 N–H and O–H groups in total. The zero-order valence-electron chi connectivity index (χ0n) is 11.2. The van der Waals surface area contributed by atoms with E-state index in [0.717, 1.165) is 22.4 Å². The molecule has 19 heavy (non-hydrogen) atoms. The highest BCUT2D eigenvalue weighted by atomic mass is 35.5. The molecule has 0 spiro atoms. The smallest absolute Gasteiger partial charge is 0.193 e. The van der Waals surface area contributed by atoms with Gasteiger partial charge >= 0.3 is 0 Å². The van der Waals surface area contributed by atoms with Crippen LogP contribution in [0.3, 0.4) is 0 Å². The quantitative estimate of drug-likeness (QED) is 0.667. The first-order valence-corrected chi connectivity index (χ1v) is 6.31. The van der Waals surface area contributed by atoms with E-state index in [9.17, 15) is 0 Å². The maximum atomic E-state index is 5.82. The number of rotatable bonds is 4. The molecule has 1 heterocycles. The van der Waals surface area contributed by atoms with Crippen LogP contribution in [0.5, 0.6) is 5.75 Å². The average Bonchev–Trinajstić information content (AvgIpc) is 2.78. The Labute approximate surface area is 117 Å². The highest BCUT2D eigenvalue weighted by Crippen LogP contribution is 2.34. The fraction of sp³-hybridized carbons (Fsp3) is 0.286. The molecule has 1 atom stereocenters. The molecular formula is C14H17ClN2O2. The van der Waals surface area contributed by atoms with Crippen molar-refractivity contribution in [3.05, 3.63) is 51.9 Å². The average molecular weight is 281 g/mol. The second-order valence-corrected chi connectivity index (χ2v) is 4.81. The number of halogens is 1. The SMILES string of the molecule is COc1cc(C)cc(C)c1C(NN)c1ccc(Cl)o1. The van der Waals surface area contributed by atoms with Crippen LogP contribution in [0.4, 0.5) is 0 Å². The van der Waals surface area contributed by atoms with E-state index in [1.54, 1.807) is 19.2 Å². The molecule has 1 aromatic heterocycles. The number of methoxy groups -OCH3 is 1. The standard InChI is InChI=1S/C14H17ClN2O2/c1-8-6-9(2)13(11(7-8)18-3)14(17-16)10-4-5-12(15)19-10/h4-7,14,17H,16H2,1-3H3. The molecule has 1 unspecified atom stereocenters. The van der Waals surface area contributed by atoms with Crippen LogP contribution in [0.25, 0.3) is 0 Å². The van der Waals surface area contributed by atoms with Crippen molar-refractivity contribution in [2.45, 2.75) is 19.9 Å². The van der Waals surface area contributed by atoms with Crippen molar-refractivity contribution in [2.24, 2.45) is 5.84 Å². The van der Waals surface area contributed by atoms with Crippen LogP contribution in [0.15, 0.2) is 28.7 Å². The third-order valence-corrected chi connectivity index (χ3v) is 3.25. The van der Waals surface area contributed by atoms with Gasteiger partial charge in [0.25, 0.3) is 0 Å². The summed E-state index contributed by atoms with van der Waals surface area (Å²) in [7, 11) is 1.64. The second kappa shape index (κ2) is 5.65. The van der Waals surface area contributed by atoms with Crippen molar-refractivity contribution in [3.8, 4) is 5.75 Å². The van der Waals surface area contributed by atoms with E-state index in [2.05, 4.69) is 11.5 Å². The van der Waals surface area contributed by atoms with E-state index in [0.29, 0.717) is 11.0 Å². The Balaban J connectivity index is 2.55. The van der Waals surface area contributed by atoms with Gasteiger partial charge < -0.3 is 9.15 Å². The number of hydrazine groups is 1. The highest BCUT2D eigenvalue weighted by molar-refractivity contribution is 6.28. The van der Waals surface area contributed by atoms with E-state index in [4.69, 9.17) is 26.6 Å². The molecule has 0 saturated carbocycles. The molecule has 1 aromatic carbocycles. The van der Waals surface area contributed by atoms with E-state index >= 15 is 0 Å². The first kappa shape index (κ1) is 13.9. The molecule has 0 radical (unpaired) electrons. The molecule has 0 bridgehead atoms. The van der Waals surface area contributed by atoms with Gasteiger partial charge in [-0.15, -0.1) is 0 Å².